The number of halogens is 8. The molecule has 1 fully saturated rings. The van der Waals surface area contributed by atoms with Crippen molar-refractivity contribution in [2.75, 3.05) is 0 Å². The highest BCUT2D eigenvalue weighted by Crippen LogP contribution is 2.32. The number of fused-ring (bicyclic) bond motifs is 1. The van der Waals surface area contributed by atoms with E-state index in [-0.39, 0.29) is 37.4 Å². The normalized spacial score (nSPS) is 15.1. The highest BCUT2D eigenvalue weighted by atomic mass is 19.4. The monoisotopic (exact) mass is 611 g/mol. The fraction of sp³-hybridized carbons (Fsp3) is 0.538. The third kappa shape index (κ3) is 11.6. The first-order valence-electron chi connectivity index (χ1n) is 13.1. The Morgan fingerprint density at radius 3 is 2.24 bits per heavy atom. The van der Waals surface area contributed by atoms with E-state index in [1.54, 1.807) is 18.2 Å². The van der Waals surface area contributed by atoms with Gasteiger partial charge in [0.05, 0.1) is 29.7 Å². The van der Waals surface area contributed by atoms with Crippen molar-refractivity contribution in [3.8, 4) is 0 Å². The molecule has 0 unspecified atom stereocenters. The first-order chi connectivity index (χ1) is 19.6. The molecule has 2 heterocycles. The summed E-state index contributed by atoms with van der Waals surface area (Å²) < 4.78 is 103. The van der Waals surface area contributed by atoms with Crippen molar-refractivity contribution in [3.05, 3.63) is 47.1 Å². The maximum atomic E-state index is 12.3. The highest BCUT2D eigenvalue weighted by Gasteiger charge is 2.30. The molecule has 232 valence electrons. The van der Waals surface area contributed by atoms with Crippen LogP contribution in [0.15, 0.2) is 28.8 Å². The van der Waals surface area contributed by atoms with Gasteiger partial charge in [-0.3, -0.25) is 9.59 Å². The topological polar surface area (TPSA) is 113 Å². The van der Waals surface area contributed by atoms with Gasteiger partial charge in [0.15, 0.2) is 0 Å². The number of alkyl halides is 8. The Balaban J connectivity index is 0.000000521. The van der Waals surface area contributed by atoms with Crippen molar-refractivity contribution in [2.45, 2.75) is 89.2 Å². The lowest BCUT2D eigenvalue weighted by Crippen LogP contribution is -2.24. The molecule has 0 atom stereocenters. The third-order valence-corrected chi connectivity index (χ3v) is 6.17. The van der Waals surface area contributed by atoms with E-state index in [1.165, 1.54) is 0 Å². The molecular weight excluding hydrogens is 582 g/mol. The zero-order chi connectivity index (χ0) is 31.0. The number of carbonyl (C=O) groups is 2. The molecule has 4 rings (SSSR count). The van der Waals surface area contributed by atoms with E-state index in [0.29, 0.717) is 35.3 Å². The highest BCUT2D eigenvalue weighted by molar-refractivity contribution is 5.91. The number of imidazole rings is 1. The van der Waals surface area contributed by atoms with Gasteiger partial charge in [0.2, 0.25) is 17.6 Å². The van der Waals surface area contributed by atoms with E-state index in [0.717, 1.165) is 12.5 Å². The number of aromatic nitrogens is 3. The Labute approximate surface area is 234 Å². The van der Waals surface area contributed by atoms with E-state index in [2.05, 4.69) is 25.8 Å². The number of hydrogen-bond acceptors (Lipinski definition) is 5. The summed E-state index contributed by atoms with van der Waals surface area (Å²) >= 11 is 0. The van der Waals surface area contributed by atoms with E-state index < -0.39 is 55.8 Å². The lowest BCUT2D eigenvalue weighted by atomic mass is 9.97. The maximum Gasteiger partial charge on any atom is 0.389 e. The molecule has 2 aromatic heterocycles. The Morgan fingerprint density at radius 2 is 1.62 bits per heavy atom. The largest absolute Gasteiger partial charge is 0.389 e. The average Bonchev–Trinajstić information content (AvgIpc) is 3.54. The van der Waals surface area contributed by atoms with E-state index in [4.69, 9.17) is 4.52 Å². The predicted molar refractivity (Wildman–Crippen MR) is 133 cm³/mol. The number of nitrogens with one attached hydrogen (secondary N) is 3. The van der Waals surface area contributed by atoms with Crippen LogP contribution in [-0.2, 0) is 24.3 Å². The van der Waals surface area contributed by atoms with Crippen molar-refractivity contribution in [1.29, 1.82) is 0 Å². The van der Waals surface area contributed by atoms with Gasteiger partial charge in [-0.05, 0) is 30.5 Å². The summed E-state index contributed by atoms with van der Waals surface area (Å²) in [5, 5.41) is 8.36. The SMILES string of the molecule is FC1(F)CCCCC1.O=C(CCC(F)(F)F)NCc1ccc2nc(CNC(=O)c3cc(CCC(F)(F)F)no3)[nH]c2c1. The Hall–Kier alpha value is -3.72. The van der Waals surface area contributed by atoms with Crippen molar-refractivity contribution < 1.29 is 49.2 Å². The van der Waals surface area contributed by atoms with Gasteiger partial charge in [-0.25, -0.2) is 13.8 Å². The Bertz CT molecular complexity index is 1330. The van der Waals surface area contributed by atoms with Crippen LogP contribution in [0.4, 0.5) is 35.1 Å². The van der Waals surface area contributed by atoms with Crippen LogP contribution < -0.4 is 10.6 Å². The molecule has 1 aliphatic rings. The number of H-pyrrole nitrogens is 1. The zero-order valence-corrected chi connectivity index (χ0v) is 22.2. The maximum absolute atomic E-state index is 12.3. The van der Waals surface area contributed by atoms with Gasteiger partial charge >= 0.3 is 12.4 Å². The molecule has 0 aliphatic heterocycles. The van der Waals surface area contributed by atoms with Crippen LogP contribution in [0.25, 0.3) is 11.0 Å². The number of amides is 2. The van der Waals surface area contributed by atoms with Crippen LogP contribution in [-0.4, -0.2) is 45.2 Å². The summed E-state index contributed by atoms with van der Waals surface area (Å²) in [5.74, 6) is -3.60. The first kappa shape index (κ1) is 32.8. The number of nitrogens with zero attached hydrogens (tertiary/aromatic N) is 2. The molecule has 0 bridgehead atoms. The number of benzene rings is 1. The summed E-state index contributed by atoms with van der Waals surface area (Å²) in [7, 11) is 0. The molecule has 3 aromatic rings. The van der Waals surface area contributed by atoms with E-state index in [9.17, 15) is 44.7 Å². The standard InChI is InChI=1S/C20H19F6N5O3.C6H10F2/c21-19(22,23)5-3-12-8-15(34-31-12)18(33)28-10-16-29-13-2-1-11(7-14(13)30-16)9-27-17(32)4-6-20(24,25)26;7-6(8)4-2-1-3-5-6/h1-2,7-8H,3-6,9-10H2,(H,27,32)(H,28,33)(H,29,30);1-5H2. The van der Waals surface area contributed by atoms with Gasteiger partial charge in [0, 0.05) is 44.7 Å². The molecule has 3 N–H and O–H groups in total. The molecule has 16 heteroatoms. The van der Waals surface area contributed by atoms with Crippen molar-refractivity contribution in [3.63, 3.8) is 0 Å². The third-order valence-electron chi connectivity index (χ3n) is 6.17. The van der Waals surface area contributed by atoms with Gasteiger partial charge in [-0.15, -0.1) is 0 Å². The van der Waals surface area contributed by atoms with Crippen LogP contribution in [0.5, 0.6) is 0 Å². The Morgan fingerprint density at radius 1 is 0.929 bits per heavy atom. The molecule has 1 saturated carbocycles. The minimum Gasteiger partial charge on any atom is -0.352 e. The second-order valence-corrected chi connectivity index (χ2v) is 9.82. The van der Waals surface area contributed by atoms with Crippen molar-refractivity contribution in [1.82, 2.24) is 25.8 Å². The van der Waals surface area contributed by atoms with Gasteiger partial charge in [0.25, 0.3) is 5.91 Å². The quantitative estimate of drug-likeness (QED) is 0.239. The van der Waals surface area contributed by atoms with Gasteiger partial charge in [0.1, 0.15) is 5.82 Å². The minimum atomic E-state index is -4.40. The molecule has 1 aliphatic carbocycles. The second-order valence-electron chi connectivity index (χ2n) is 9.82. The molecule has 1 aromatic carbocycles. The fourth-order valence-electron chi connectivity index (χ4n) is 3.97. The molecule has 8 nitrogen and oxygen atoms in total. The number of rotatable bonds is 9. The van der Waals surface area contributed by atoms with E-state index >= 15 is 0 Å². The molecular formula is C26H29F8N5O3. The van der Waals surface area contributed by atoms with Gasteiger partial charge < -0.3 is 20.1 Å². The number of aromatic amines is 1. The summed E-state index contributed by atoms with van der Waals surface area (Å²) in [6.45, 7) is -0.0184. The summed E-state index contributed by atoms with van der Waals surface area (Å²) in [6, 6.07) is 6.07. The molecule has 0 radical (unpaired) electrons. The van der Waals surface area contributed by atoms with Crippen LogP contribution in [0, 0.1) is 0 Å². The van der Waals surface area contributed by atoms with Crippen molar-refractivity contribution >= 4 is 22.8 Å². The first-order valence-corrected chi connectivity index (χ1v) is 13.1. The molecule has 2 amide bonds. The minimum absolute atomic E-state index is 0.00392. The van der Waals surface area contributed by atoms with Crippen LogP contribution >= 0.6 is 0 Å². The lowest BCUT2D eigenvalue weighted by molar-refractivity contribution is -0.144. The Kier molecular flexibility index (Phi) is 10.9. The number of carbonyl (C=O) groups excluding carboxylic acids is 2. The average molecular weight is 612 g/mol. The van der Waals surface area contributed by atoms with Crippen LogP contribution in [0.1, 0.15) is 79.0 Å². The smallest absolute Gasteiger partial charge is 0.352 e. The lowest BCUT2D eigenvalue weighted by Gasteiger charge is -2.20. The summed E-state index contributed by atoms with van der Waals surface area (Å²) in [4.78, 5) is 30.9. The van der Waals surface area contributed by atoms with Crippen molar-refractivity contribution in [2.24, 2.45) is 0 Å². The zero-order valence-electron chi connectivity index (χ0n) is 22.2. The molecule has 0 saturated heterocycles. The fourth-order valence-corrected chi connectivity index (χ4v) is 3.97. The van der Waals surface area contributed by atoms with Crippen LogP contribution in [0.3, 0.4) is 0 Å². The molecule has 42 heavy (non-hydrogen) atoms. The molecule has 0 spiro atoms. The summed E-state index contributed by atoms with van der Waals surface area (Å²) in [6.07, 6.45) is -9.43. The second kappa shape index (κ2) is 14.0. The van der Waals surface area contributed by atoms with Crippen LogP contribution in [0.2, 0.25) is 0 Å². The van der Waals surface area contributed by atoms with E-state index in [1.807, 2.05) is 0 Å². The summed E-state index contributed by atoms with van der Waals surface area (Å²) in [5.41, 5.74) is 1.75. The van der Waals surface area contributed by atoms with Gasteiger partial charge in [-0.2, -0.15) is 26.3 Å². The predicted octanol–water partition coefficient (Wildman–Crippen LogP) is 6.52. The van der Waals surface area contributed by atoms with Gasteiger partial charge in [-0.1, -0.05) is 17.6 Å². The number of aryl methyl sites for hydroxylation is 1. The number of hydrogen-bond donors (Lipinski definition) is 3.